The molecule has 0 aromatic carbocycles. The molecule has 0 atom stereocenters. The second kappa shape index (κ2) is 6.42. The lowest BCUT2D eigenvalue weighted by atomic mass is 9.84. The van der Waals surface area contributed by atoms with E-state index in [4.69, 9.17) is 0 Å². The molecule has 1 aliphatic carbocycles. The second-order valence-corrected chi connectivity index (χ2v) is 5.99. The van der Waals surface area contributed by atoms with Crippen LogP contribution in [-0.2, 0) is 4.79 Å². The smallest absolute Gasteiger partial charge is 0.255 e. The lowest BCUT2D eigenvalue weighted by Gasteiger charge is -2.31. The summed E-state index contributed by atoms with van der Waals surface area (Å²) < 4.78 is 13.2. The molecule has 0 unspecified atom stereocenters. The van der Waals surface area contributed by atoms with Crippen molar-refractivity contribution in [1.82, 2.24) is 14.8 Å². The van der Waals surface area contributed by atoms with Crippen LogP contribution in [0.1, 0.15) is 36.0 Å². The van der Waals surface area contributed by atoms with Crippen LogP contribution in [0, 0.1) is 11.7 Å². The molecule has 118 valence electrons. The summed E-state index contributed by atoms with van der Waals surface area (Å²) in [6.45, 7) is 2.34. The van der Waals surface area contributed by atoms with Crippen LogP contribution >= 0.6 is 0 Å². The molecule has 1 aromatic rings. The molecule has 3 rings (SSSR count). The van der Waals surface area contributed by atoms with E-state index >= 15 is 0 Å². The number of carbonyl (C=O) groups excluding carboxylic acids is 2. The van der Waals surface area contributed by atoms with Gasteiger partial charge in [0.05, 0.1) is 11.8 Å². The number of hydrogen-bond acceptors (Lipinski definition) is 3. The average molecular weight is 305 g/mol. The fraction of sp³-hybridized carbons (Fsp3) is 0.562. The van der Waals surface area contributed by atoms with Gasteiger partial charge in [-0.1, -0.05) is 6.42 Å². The number of carbonyl (C=O) groups is 2. The molecular weight excluding hydrogens is 285 g/mol. The van der Waals surface area contributed by atoms with Crippen LogP contribution < -0.4 is 0 Å². The van der Waals surface area contributed by atoms with Gasteiger partial charge in [0, 0.05) is 38.3 Å². The maximum atomic E-state index is 13.2. The number of hydrogen-bond donors (Lipinski definition) is 0. The van der Waals surface area contributed by atoms with Gasteiger partial charge in [-0.25, -0.2) is 4.39 Å². The summed E-state index contributed by atoms with van der Waals surface area (Å²) in [5.74, 6) is -0.310. The monoisotopic (exact) mass is 305 g/mol. The molecule has 5 nitrogen and oxygen atoms in total. The molecule has 0 N–H and O–H groups in total. The zero-order chi connectivity index (χ0) is 15.5. The van der Waals surface area contributed by atoms with E-state index in [9.17, 15) is 14.0 Å². The predicted octanol–water partition coefficient (Wildman–Crippen LogP) is 1.70. The van der Waals surface area contributed by atoms with Crippen molar-refractivity contribution < 1.29 is 14.0 Å². The van der Waals surface area contributed by atoms with E-state index < -0.39 is 5.82 Å². The van der Waals surface area contributed by atoms with Crippen LogP contribution in [0.25, 0.3) is 0 Å². The maximum absolute atomic E-state index is 13.2. The van der Waals surface area contributed by atoms with E-state index in [-0.39, 0.29) is 23.3 Å². The number of halogens is 1. The van der Waals surface area contributed by atoms with E-state index in [1.54, 1.807) is 4.90 Å². The highest BCUT2D eigenvalue weighted by Crippen LogP contribution is 2.28. The number of pyridine rings is 1. The van der Waals surface area contributed by atoms with Gasteiger partial charge >= 0.3 is 0 Å². The molecule has 6 heteroatoms. The van der Waals surface area contributed by atoms with Gasteiger partial charge in [0.15, 0.2) is 0 Å². The van der Waals surface area contributed by atoms with Crippen LogP contribution in [0.5, 0.6) is 0 Å². The molecule has 1 aliphatic heterocycles. The molecule has 0 bridgehead atoms. The van der Waals surface area contributed by atoms with Crippen molar-refractivity contribution >= 4 is 11.8 Å². The van der Waals surface area contributed by atoms with Crippen molar-refractivity contribution in [2.24, 2.45) is 5.92 Å². The summed E-state index contributed by atoms with van der Waals surface area (Å²) in [6, 6.07) is 1.21. The van der Waals surface area contributed by atoms with Gasteiger partial charge in [0.25, 0.3) is 5.91 Å². The van der Waals surface area contributed by atoms with Gasteiger partial charge in [-0.3, -0.25) is 14.6 Å². The Kier molecular flexibility index (Phi) is 4.36. The van der Waals surface area contributed by atoms with Crippen LogP contribution in [0.2, 0.25) is 0 Å². The summed E-state index contributed by atoms with van der Waals surface area (Å²) in [5.41, 5.74) is 0.263. The van der Waals surface area contributed by atoms with E-state index in [1.807, 2.05) is 4.90 Å². The predicted molar refractivity (Wildman–Crippen MR) is 78.6 cm³/mol. The van der Waals surface area contributed by atoms with Gasteiger partial charge in [-0.2, -0.15) is 0 Å². The Hall–Kier alpha value is -1.98. The first-order valence-electron chi connectivity index (χ1n) is 7.84. The molecular formula is C16H20FN3O2. The fourth-order valence-corrected chi connectivity index (χ4v) is 2.97. The third-order valence-corrected chi connectivity index (χ3v) is 4.50. The number of amides is 2. The molecule has 0 spiro atoms. The van der Waals surface area contributed by atoms with Gasteiger partial charge in [0.2, 0.25) is 5.91 Å². The quantitative estimate of drug-likeness (QED) is 0.835. The first-order valence-corrected chi connectivity index (χ1v) is 7.84. The molecule has 2 aliphatic rings. The molecule has 0 radical (unpaired) electrons. The standard InChI is InChI=1S/C16H20FN3O2/c17-14-9-13(10-18-11-14)16(22)20-6-2-5-19(7-8-20)15(21)12-3-1-4-12/h9-12H,1-8H2. The number of nitrogens with zero attached hydrogens (tertiary/aromatic N) is 3. The zero-order valence-electron chi connectivity index (χ0n) is 12.5. The van der Waals surface area contributed by atoms with Gasteiger partial charge in [0.1, 0.15) is 5.82 Å². The minimum atomic E-state index is -0.512. The normalized spacial score (nSPS) is 19.5. The van der Waals surface area contributed by atoms with E-state index in [0.717, 1.165) is 31.9 Å². The maximum Gasteiger partial charge on any atom is 0.255 e. The average Bonchev–Trinajstić information content (AvgIpc) is 2.70. The third-order valence-electron chi connectivity index (χ3n) is 4.50. The van der Waals surface area contributed by atoms with Crippen LogP contribution in [0.15, 0.2) is 18.5 Å². The lowest BCUT2D eigenvalue weighted by molar-refractivity contribution is -0.138. The summed E-state index contributed by atoms with van der Waals surface area (Å²) in [5, 5.41) is 0. The zero-order valence-corrected chi connectivity index (χ0v) is 12.5. The topological polar surface area (TPSA) is 53.5 Å². The fourth-order valence-electron chi connectivity index (χ4n) is 2.97. The Balaban J connectivity index is 1.62. The van der Waals surface area contributed by atoms with E-state index in [0.29, 0.717) is 26.2 Å². The Morgan fingerprint density at radius 1 is 1.05 bits per heavy atom. The molecule has 1 saturated heterocycles. The minimum absolute atomic E-state index is 0.190. The molecule has 1 saturated carbocycles. The molecule has 2 fully saturated rings. The van der Waals surface area contributed by atoms with Gasteiger partial charge < -0.3 is 9.80 Å². The van der Waals surface area contributed by atoms with Crippen LogP contribution in [0.3, 0.4) is 0 Å². The molecule has 22 heavy (non-hydrogen) atoms. The van der Waals surface area contributed by atoms with Crippen molar-refractivity contribution in [3.8, 4) is 0 Å². The van der Waals surface area contributed by atoms with Crippen molar-refractivity contribution in [3.05, 3.63) is 29.8 Å². The second-order valence-electron chi connectivity index (χ2n) is 5.99. The van der Waals surface area contributed by atoms with Crippen LogP contribution in [-0.4, -0.2) is 52.8 Å². The highest BCUT2D eigenvalue weighted by molar-refractivity contribution is 5.94. The summed E-state index contributed by atoms with van der Waals surface area (Å²) in [7, 11) is 0. The SMILES string of the molecule is O=C(c1cncc(F)c1)N1CCCN(C(=O)C2CCC2)CC1. The lowest BCUT2D eigenvalue weighted by Crippen LogP contribution is -2.41. The highest BCUT2D eigenvalue weighted by Gasteiger charge is 2.31. The number of rotatable bonds is 2. The first-order chi connectivity index (χ1) is 10.6. The third kappa shape index (κ3) is 3.10. The van der Waals surface area contributed by atoms with Crippen molar-refractivity contribution in [2.45, 2.75) is 25.7 Å². The van der Waals surface area contributed by atoms with Crippen molar-refractivity contribution in [2.75, 3.05) is 26.2 Å². The Morgan fingerprint density at radius 2 is 1.77 bits per heavy atom. The number of aromatic nitrogens is 1. The van der Waals surface area contributed by atoms with E-state index in [2.05, 4.69) is 4.98 Å². The van der Waals surface area contributed by atoms with Crippen LogP contribution in [0.4, 0.5) is 4.39 Å². The Labute approximate surface area is 129 Å². The van der Waals surface area contributed by atoms with Gasteiger partial charge in [-0.15, -0.1) is 0 Å². The molecule has 2 amide bonds. The Bertz CT molecular complexity index is 574. The molecule has 2 heterocycles. The summed E-state index contributed by atoms with van der Waals surface area (Å²) in [4.78, 5) is 32.0. The summed E-state index contributed by atoms with van der Waals surface area (Å²) in [6.07, 6.45) is 6.35. The largest absolute Gasteiger partial charge is 0.341 e. The summed E-state index contributed by atoms with van der Waals surface area (Å²) >= 11 is 0. The Morgan fingerprint density at radius 3 is 2.45 bits per heavy atom. The molecule has 1 aromatic heterocycles. The van der Waals surface area contributed by atoms with Crippen molar-refractivity contribution in [3.63, 3.8) is 0 Å². The first kappa shape index (κ1) is 14.9. The van der Waals surface area contributed by atoms with Gasteiger partial charge in [-0.05, 0) is 25.3 Å². The van der Waals surface area contributed by atoms with Crippen molar-refractivity contribution in [1.29, 1.82) is 0 Å². The minimum Gasteiger partial charge on any atom is -0.341 e. The van der Waals surface area contributed by atoms with E-state index in [1.165, 1.54) is 12.3 Å². The highest BCUT2D eigenvalue weighted by atomic mass is 19.1.